The predicted octanol–water partition coefficient (Wildman–Crippen LogP) is 5.01. The second-order valence-corrected chi connectivity index (χ2v) is 6.02. The predicted molar refractivity (Wildman–Crippen MR) is 106 cm³/mol. The van der Waals surface area contributed by atoms with E-state index in [1.54, 1.807) is 12.1 Å². The Morgan fingerprint density at radius 3 is 1.54 bits per heavy atom. The van der Waals surface area contributed by atoms with Crippen LogP contribution in [0.5, 0.6) is 23.0 Å². The fourth-order valence-corrected chi connectivity index (χ4v) is 2.51. The number of phenols is 2. The van der Waals surface area contributed by atoms with Crippen LogP contribution in [0.2, 0.25) is 0 Å². The smallest absolute Gasteiger partial charge is 0.161 e. The van der Waals surface area contributed by atoms with E-state index in [9.17, 15) is 10.2 Å². The highest BCUT2D eigenvalue weighted by Crippen LogP contribution is 2.32. The van der Waals surface area contributed by atoms with Crippen LogP contribution in [0.3, 0.4) is 0 Å². The summed E-state index contributed by atoms with van der Waals surface area (Å²) in [5.74, 6) is 1.19. The van der Waals surface area contributed by atoms with E-state index in [1.165, 1.54) is 14.2 Å². The van der Waals surface area contributed by atoms with Crippen LogP contribution in [-0.4, -0.2) is 24.4 Å². The van der Waals surface area contributed by atoms with E-state index in [0.717, 1.165) is 27.8 Å². The normalized spacial score (nSPS) is 11.2. The van der Waals surface area contributed by atoms with Gasteiger partial charge < -0.3 is 19.7 Å². The third-order valence-corrected chi connectivity index (χ3v) is 4.00. The lowest BCUT2D eigenvalue weighted by Gasteiger charge is -2.08. The molecule has 0 aliphatic carbocycles. The molecule has 0 aliphatic rings. The molecule has 0 atom stereocenters. The minimum absolute atomic E-state index is 0.153. The fourth-order valence-electron chi connectivity index (χ4n) is 2.51. The molecule has 2 aromatic rings. The summed E-state index contributed by atoms with van der Waals surface area (Å²) < 4.78 is 10.3. The third kappa shape index (κ3) is 4.48. The van der Waals surface area contributed by atoms with Crippen molar-refractivity contribution in [2.24, 2.45) is 0 Å². The standard InChI is InChI=1S/C22H24O4/c1-14(6-8-17-10-15(2)21(23)19(12-17)25-4)7-9-18-11-16(3)22(24)20(13-18)26-5/h6-13,23-24H,1H2,2-5H3/b8-6+,9-7+. The maximum atomic E-state index is 9.89. The molecular formula is C22H24O4. The van der Waals surface area contributed by atoms with E-state index < -0.39 is 0 Å². The van der Waals surface area contributed by atoms with Crippen molar-refractivity contribution in [2.45, 2.75) is 13.8 Å². The van der Waals surface area contributed by atoms with Gasteiger partial charge in [-0.25, -0.2) is 0 Å². The Labute approximate surface area is 154 Å². The monoisotopic (exact) mass is 352 g/mol. The van der Waals surface area contributed by atoms with E-state index in [2.05, 4.69) is 6.58 Å². The number of hydrogen-bond donors (Lipinski definition) is 2. The van der Waals surface area contributed by atoms with Gasteiger partial charge in [-0.3, -0.25) is 0 Å². The maximum Gasteiger partial charge on any atom is 0.161 e. The Morgan fingerprint density at radius 1 is 0.808 bits per heavy atom. The van der Waals surface area contributed by atoms with Gasteiger partial charge in [0.25, 0.3) is 0 Å². The van der Waals surface area contributed by atoms with Crippen LogP contribution in [0.1, 0.15) is 22.3 Å². The first kappa shape index (κ1) is 19.2. The summed E-state index contributed by atoms with van der Waals surface area (Å²) in [6.07, 6.45) is 7.58. The van der Waals surface area contributed by atoms with Gasteiger partial charge in [-0.2, -0.15) is 0 Å². The van der Waals surface area contributed by atoms with Gasteiger partial charge in [0.2, 0.25) is 0 Å². The van der Waals surface area contributed by atoms with Gasteiger partial charge in [-0.1, -0.05) is 30.9 Å². The highest BCUT2D eigenvalue weighted by atomic mass is 16.5. The molecule has 0 radical (unpaired) electrons. The number of phenolic OH excluding ortho intramolecular Hbond substituents is 2. The first-order valence-electron chi connectivity index (χ1n) is 8.16. The van der Waals surface area contributed by atoms with Crippen LogP contribution in [0, 0.1) is 13.8 Å². The second-order valence-electron chi connectivity index (χ2n) is 6.02. The van der Waals surface area contributed by atoms with Gasteiger partial charge in [0.1, 0.15) is 0 Å². The van der Waals surface area contributed by atoms with Crippen LogP contribution >= 0.6 is 0 Å². The molecule has 136 valence electrons. The molecule has 2 rings (SSSR count). The first-order valence-corrected chi connectivity index (χ1v) is 8.16. The first-order chi connectivity index (χ1) is 12.3. The molecule has 0 aromatic heterocycles. The largest absolute Gasteiger partial charge is 0.504 e. The van der Waals surface area contributed by atoms with Crippen LogP contribution in [0.4, 0.5) is 0 Å². The van der Waals surface area contributed by atoms with Crippen LogP contribution in [-0.2, 0) is 0 Å². The summed E-state index contributed by atoms with van der Waals surface area (Å²) in [6, 6.07) is 7.28. The Bertz CT molecular complexity index is 805. The van der Waals surface area contributed by atoms with E-state index >= 15 is 0 Å². The Balaban J connectivity index is 2.16. The van der Waals surface area contributed by atoms with Crippen LogP contribution in [0.25, 0.3) is 12.2 Å². The van der Waals surface area contributed by atoms with Crippen molar-refractivity contribution in [1.29, 1.82) is 0 Å². The number of aryl methyl sites for hydroxylation is 2. The molecule has 0 aliphatic heterocycles. The molecule has 0 saturated carbocycles. The lowest BCUT2D eigenvalue weighted by Crippen LogP contribution is -1.88. The van der Waals surface area contributed by atoms with Gasteiger partial charge in [-0.05, 0) is 65.9 Å². The lowest BCUT2D eigenvalue weighted by molar-refractivity contribution is 0.371. The zero-order chi connectivity index (χ0) is 19.3. The van der Waals surface area contributed by atoms with Gasteiger partial charge in [0.15, 0.2) is 23.0 Å². The maximum absolute atomic E-state index is 9.89. The lowest BCUT2D eigenvalue weighted by atomic mass is 10.1. The van der Waals surface area contributed by atoms with Gasteiger partial charge in [-0.15, -0.1) is 0 Å². The minimum atomic E-state index is 0.153. The van der Waals surface area contributed by atoms with Gasteiger partial charge in [0.05, 0.1) is 14.2 Å². The van der Waals surface area contributed by atoms with Crippen molar-refractivity contribution in [3.05, 3.63) is 70.8 Å². The summed E-state index contributed by atoms with van der Waals surface area (Å²) in [7, 11) is 3.05. The van der Waals surface area contributed by atoms with Crippen LogP contribution in [0.15, 0.2) is 48.6 Å². The molecule has 0 fully saturated rings. The third-order valence-electron chi connectivity index (χ3n) is 4.00. The number of benzene rings is 2. The number of methoxy groups -OCH3 is 2. The molecule has 4 nitrogen and oxygen atoms in total. The zero-order valence-electron chi connectivity index (χ0n) is 15.5. The second kappa shape index (κ2) is 8.30. The number of allylic oxidation sites excluding steroid dienone is 3. The summed E-state index contributed by atoms with van der Waals surface area (Å²) in [5, 5.41) is 19.8. The molecule has 0 spiro atoms. The average molecular weight is 352 g/mol. The molecule has 2 N–H and O–H groups in total. The molecule has 0 heterocycles. The van der Waals surface area contributed by atoms with Crippen molar-refractivity contribution in [3.8, 4) is 23.0 Å². The number of hydrogen-bond acceptors (Lipinski definition) is 4. The van der Waals surface area contributed by atoms with Crippen molar-refractivity contribution in [2.75, 3.05) is 14.2 Å². The summed E-state index contributed by atoms with van der Waals surface area (Å²) in [6.45, 7) is 7.66. The molecule has 0 saturated heterocycles. The Hall–Kier alpha value is -3.14. The highest BCUT2D eigenvalue weighted by Gasteiger charge is 2.06. The quantitative estimate of drug-likeness (QED) is 0.717. The number of aromatic hydroxyl groups is 2. The summed E-state index contributed by atoms with van der Waals surface area (Å²) in [4.78, 5) is 0. The molecule has 0 bridgehead atoms. The minimum Gasteiger partial charge on any atom is -0.504 e. The van der Waals surface area contributed by atoms with E-state index in [-0.39, 0.29) is 11.5 Å². The van der Waals surface area contributed by atoms with Crippen molar-refractivity contribution in [3.63, 3.8) is 0 Å². The van der Waals surface area contributed by atoms with E-state index in [0.29, 0.717) is 11.5 Å². The molecular weight excluding hydrogens is 328 g/mol. The molecule has 2 aromatic carbocycles. The topological polar surface area (TPSA) is 58.9 Å². The summed E-state index contributed by atoms with van der Waals surface area (Å²) in [5.41, 5.74) is 4.12. The zero-order valence-corrected chi connectivity index (χ0v) is 15.5. The SMILES string of the molecule is C=C(/C=C/c1cc(C)c(O)c(OC)c1)/C=C/c1cc(C)c(O)c(OC)c1. The van der Waals surface area contributed by atoms with Gasteiger partial charge in [0, 0.05) is 0 Å². The average Bonchev–Trinajstić information content (AvgIpc) is 2.63. The highest BCUT2D eigenvalue weighted by molar-refractivity contribution is 5.64. The van der Waals surface area contributed by atoms with Crippen molar-refractivity contribution >= 4 is 12.2 Å². The number of ether oxygens (including phenoxy) is 2. The van der Waals surface area contributed by atoms with Crippen LogP contribution < -0.4 is 9.47 Å². The van der Waals surface area contributed by atoms with E-state index in [1.807, 2.05) is 50.3 Å². The molecule has 0 amide bonds. The van der Waals surface area contributed by atoms with Crippen molar-refractivity contribution < 1.29 is 19.7 Å². The Kier molecular flexibility index (Phi) is 6.12. The molecule has 4 heteroatoms. The molecule has 0 unspecified atom stereocenters. The number of rotatable bonds is 6. The van der Waals surface area contributed by atoms with Crippen molar-refractivity contribution in [1.82, 2.24) is 0 Å². The van der Waals surface area contributed by atoms with Gasteiger partial charge >= 0.3 is 0 Å². The molecule has 26 heavy (non-hydrogen) atoms. The van der Waals surface area contributed by atoms with E-state index in [4.69, 9.17) is 9.47 Å². The fraction of sp³-hybridized carbons (Fsp3) is 0.182. The summed E-state index contributed by atoms with van der Waals surface area (Å²) >= 11 is 0. The Morgan fingerprint density at radius 2 is 1.19 bits per heavy atom.